The van der Waals surface area contributed by atoms with Gasteiger partial charge in [-0.1, -0.05) is 22.0 Å². The molecule has 158 valence electrons. The van der Waals surface area contributed by atoms with Gasteiger partial charge in [0.05, 0.1) is 25.8 Å². The number of anilines is 1. The van der Waals surface area contributed by atoms with Gasteiger partial charge in [0.25, 0.3) is 0 Å². The third-order valence-electron chi connectivity index (χ3n) is 4.85. The number of benzene rings is 1. The molecule has 30 heavy (non-hydrogen) atoms. The number of carbonyl (C=O) groups is 1. The fourth-order valence-corrected chi connectivity index (χ4v) is 4.44. The molecular weight excluding hydrogens is 468 g/mol. The van der Waals surface area contributed by atoms with Crippen molar-refractivity contribution in [2.75, 3.05) is 37.5 Å². The van der Waals surface area contributed by atoms with Gasteiger partial charge in [0, 0.05) is 30.8 Å². The first kappa shape index (κ1) is 22.2. The predicted molar refractivity (Wildman–Crippen MR) is 123 cm³/mol. The molecule has 8 heteroatoms. The summed E-state index contributed by atoms with van der Waals surface area (Å²) in [5, 5.41) is 1.39. The summed E-state index contributed by atoms with van der Waals surface area (Å²) in [6.07, 6.45) is 3.53. The van der Waals surface area contributed by atoms with Crippen LogP contribution in [0.3, 0.4) is 0 Å². The number of halogens is 1. The van der Waals surface area contributed by atoms with Gasteiger partial charge >= 0.3 is 5.97 Å². The Labute approximate surface area is 189 Å². The standard InChI is InChI=1S/C22H23BrN2O4S/c1-24-18(15-4-6-19(27-2)20(12-15)28-3)13-17-5-7-21(30-17)25-10-8-16(9-11-25)29-22(26)14-23/h4-7,12-13,16H,8-11,14H2,2-3H3/b18-13-. The lowest BCUT2D eigenvalue weighted by molar-refractivity contribution is -0.146. The summed E-state index contributed by atoms with van der Waals surface area (Å²) in [6, 6.07) is 9.59. The van der Waals surface area contributed by atoms with Gasteiger partial charge in [-0.3, -0.25) is 4.79 Å². The van der Waals surface area contributed by atoms with Gasteiger partial charge < -0.3 is 19.1 Å². The molecular formula is C22H23BrN2O4S. The number of methoxy groups -OCH3 is 2. The summed E-state index contributed by atoms with van der Waals surface area (Å²) < 4.78 is 16.0. The van der Waals surface area contributed by atoms with E-state index in [9.17, 15) is 4.79 Å². The van der Waals surface area contributed by atoms with Crippen molar-refractivity contribution in [3.63, 3.8) is 0 Å². The molecule has 0 spiro atoms. The number of piperidine rings is 1. The van der Waals surface area contributed by atoms with Crippen molar-refractivity contribution in [1.82, 2.24) is 0 Å². The van der Waals surface area contributed by atoms with E-state index in [1.54, 1.807) is 31.6 Å². The van der Waals surface area contributed by atoms with Crippen molar-refractivity contribution in [2.45, 2.75) is 18.9 Å². The van der Waals surface area contributed by atoms with Gasteiger partial charge in [-0.2, -0.15) is 0 Å². The van der Waals surface area contributed by atoms with Crippen LogP contribution >= 0.6 is 27.3 Å². The Bertz CT molecular complexity index is 958. The quantitative estimate of drug-likeness (QED) is 0.307. The van der Waals surface area contributed by atoms with Crippen molar-refractivity contribution in [3.8, 4) is 11.5 Å². The Balaban J connectivity index is 1.70. The Hall–Kier alpha value is -2.50. The van der Waals surface area contributed by atoms with Crippen LogP contribution in [0.15, 0.2) is 30.3 Å². The van der Waals surface area contributed by atoms with Crippen molar-refractivity contribution >= 4 is 50.0 Å². The minimum Gasteiger partial charge on any atom is -0.493 e. The highest BCUT2D eigenvalue weighted by Crippen LogP contribution is 2.34. The number of alkyl halides is 1. The molecule has 0 atom stereocenters. The first-order valence-corrected chi connectivity index (χ1v) is 11.4. The summed E-state index contributed by atoms with van der Waals surface area (Å²) in [4.78, 5) is 18.5. The first-order chi connectivity index (χ1) is 14.6. The molecule has 0 N–H and O–H groups in total. The molecule has 0 amide bonds. The third kappa shape index (κ3) is 5.35. The Morgan fingerprint density at radius 3 is 2.60 bits per heavy atom. The topological polar surface area (TPSA) is 52.4 Å². The molecule has 1 fully saturated rings. The zero-order chi connectivity index (χ0) is 21.5. The predicted octanol–water partition coefficient (Wildman–Crippen LogP) is 5.09. The highest BCUT2D eigenvalue weighted by atomic mass is 79.9. The van der Waals surface area contributed by atoms with Gasteiger partial charge in [0.15, 0.2) is 17.2 Å². The Kier molecular flexibility index (Phi) is 7.77. The number of nitrogens with zero attached hydrogens (tertiary/aromatic N) is 2. The summed E-state index contributed by atoms with van der Waals surface area (Å²) in [7, 11) is 3.17. The van der Waals surface area contributed by atoms with Gasteiger partial charge in [-0.05, 0) is 35.9 Å². The number of thiophene rings is 1. The molecule has 1 aromatic heterocycles. The molecule has 0 aliphatic carbocycles. The van der Waals surface area contributed by atoms with E-state index >= 15 is 0 Å². The van der Waals surface area contributed by atoms with Crippen LogP contribution in [0.1, 0.15) is 23.3 Å². The summed E-state index contributed by atoms with van der Waals surface area (Å²) in [6.45, 7) is 9.29. The molecule has 0 saturated carbocycles. The van der Waals surface area contributed by atoms with Crippen molar-refractivity contribution in [1.29, 1.82) is 0 Å². The molecule has 1 aliphatic heterocycles. The summed E-state index contributed by atoms with van der Waals surface area (Å²) in [5.74, 6) is 1.02. The smallest absolute Gasteiger partial charge is 0.316 e. The number of esters is 1. The van der Waals surface area contributed by atoms with Crippen molar-refractivity contribution in [3.05, 3.63) is 52.2 Å². The second-order valence-electron chi connectivity index (χ2n) is 6.70. The van der Waals surface area contributed by atoms with Crippen LogP contribution in [0.2, 0.25) is 0 Å². The average Bonchev–Trinajstić information content (AvgIpc) is 3.26. The van der Waals surface area contributed by atoms with E-state index in [0.717, 1.165) is 41.4 Å². The Morgan fingerprint density at radius 1 is 1.23 bits per heavy atom. The van der Waals surface area contributed by atoms with E-state index in [0.29, 0.717) is 17.2 Å². The van der Waals surface area contributed by atoms with Crippen LogP contribution in [0.5, 0.6) is 11.5 Å². The van der Waals surface area contributed by atoms with E-state index < -0.39 is 0 Å². The zero-order valence-corrected chi connectivity index (χ0v) is 19.3. The number of rotatable bonds is 7. The lowest BCUT2D eigenvalue weighted by atomic mass is 10.1. The number of carbonyl (C=O) groups excluding carboxylic acids is 1. The van der Waals surface area contributed by atoms with Crippen LogP contribution in [-0.2, 0) is 9.53 Å². The second kappa shape index (κ2) is 10.5. The molecule has 1 aromatic carbocycles. The van der Waals surface area contributed by atoms with Crippen LogP contribution < -0.4 is 14.4 Å². The molecule has 0 radical (unpaired) electrons. The zero-order valence-electron chi connectivity index (χ0n) is 16.9. The maximum Gasteiger partial charge on any atom is 0.316 e. The molecule has 0 unspecified atom stereocenters. The van der Waals surface area contributed by atoms with Crippen LogP contribution in [0.25, 0.3) is 16.6 Å². The maximum atomic E-state index is 11.4. The Morgan fingerprint density at radius 2 is 1.97 bits per heavy atom. The fraction of sp³-hybridized carbons (Fsp3) is 0.364. The molecule has 3 rings (SSSR count). The first-order valence-electron chi connectivity index (χ1n) is 9.49. The van der Waals surface area contributed by atoms with Crippen LogP contribution in [-0.4, -0.2) is 44.7 Å². The molecule has 2 heterocycles. The third-order valence-corrected chi connectivity index (χ3v) is 6.40. The fourth-order valence-electron chi connectivity index (χ4n) is 3.31. The van der Waals surface area contributed by atoms with Gasteiger partial charge in [-0.25, -0.2) is 4.85 Å². The molecule has 2 aromatic rings. The lowest BCUT2D eigenvalue weighted by Crippen LogP contribution is -2.37. The number of ether oxygens (including phenoxy) is 3. The van der Waals surface area contributed by atoms with Crippen molar-refractivity contribution < 1.29 is 19.0 Å². The maximum absolute atomic E-state index is 11.4. The largest absolute Gasteiger partial charge is 0.493 e. The second-order valence-corrected chi connectivity index (χ2v) is 8.35. The van der Waals surface area contributed by atoms with E-state index in [-0.39, 0.29) is 17.4 Å². The number of hydrogen-bond donors (Lipinski definition) is 0. The summed E-state index contributed by atoms with van der Waals surface area (Å²) in [5.41, 5.74) is 1.33. The van der Waals surface area contributed by atoms with E-state index in [1.807, 2.05) is 24.3 Å². The molecule has 6 nitrogen and oxygen atoms in total. The normalized spacial score (nSPS) is 14.9. The van der Waals surface area contributed by atoms with E-state index in [1.165, 1.54) is 0 Å². The lowest BCUT2D eigenvalue weighted by Gasteiger charge is -2.32. The molecule has 1 aliphatic rings. The minimum atomic E-state index is -0.209. The van der Waals surface area contributed by atoms with Crippen LogP contribution in [0, 0.1) is 6.57 Å². The molecule has 0 bridgehead atoms. The minimum absolute atomic E-state index is 0.00982. The van der Waals surface area contributed by atoms with Crippen LogP contribution in [0.4, 0.5) is 5.00 Å². The van der Waals surface area contributed by atoms with E-state index in [4.69, 9.17) is 20.8 Å². The van der Waals surface area contributed by atoms with Gasteiger partial charge in [-0.15, -0.1) is 11.3 Å². The van der Waals surface area contributed by atoms with Crippen molar-refractivity contribution in [2.24, 2.45) is 0 Å². The van der Waals surface area contributed by atoms with Gasteiger partial charge in [0.2, 0.25) is 0 Å². The molecule has 1 saturated heterocycles. The monoisotopic (exact) mass is 490 g/mol. The SMILES string of the molecule is [C-]#[N+]/C(=C\c1ccc(N2CCC(OC(=O)CBr)CC2)s1)c1ccc(OC)c(OC)c1. The highest BCUT2D eigenvalue weighted by Gasteiger charge is 2.23. The summed E-state index contributed by atoms with van der Waals surface area (Å²) >= 11 is 4.78. The highest BCUT2D eigenvalue weighted by molar-refractivity contribution is 9.09. The van der Waals surface area contributed by atoms with E-state index in [2.05, 4.69) is 31.7 Å². The van der Waals surface area contributed by atoms with Gasteiger partial charge in [0.1, 0.15) is 11.4 Å². The number of hydrogen-bond acceptors (Lipinski definition) is 6. The average molecular weight is 491 g/mol.